The van der Waals surface area contributed by atoms with Crippen molar-refractivity contribution < 1.29 is 28.2 Å². The second-order valence-electron chi connectivity index (χ2n) is 10.8. The molecule has 2 fully saturated rings. The number of alkyl halides is 3. The van der Waals surface area contributed by atoms with Crippen molar-refractivity contribution in [1.29, 1.82) is 0 Å². The average Bonchev–Trinajstić information content (AvgIpc) is 3.68. The third-order valence-corrected chi connectivity index (χ3v) is 9.70. The Morgan fingerprint density at radius 3 is 2.60 bits per heavy atom. The highest BCUT2D eigenvalue weighted by Gasteiger charge is 2.33. The lowest BCUT2D eigenvalue weighted by atomic mass is 10.2. The van der Waals surface area contributed by atoms with Crippen LogP contribution in [0.4, 0.5) is 24.1 Å². The highest BCUT2D eigenvalue weighted by Crippen LogP contribution is 2.41. The summed E-state index contributed by atoms with van der Waals surface area (Å²) in [6.07, 6.45) is -0.311. The molecule has 2 saturated heterocycles. The van der Waals surface area contributed by atoms with E-state index in [-0.39, 0.29) is 18.2 Å². The lowest BCUT2D eigenvalue weighted by Gasteiger charge is -2.40. The van der Waals surface area contributed by atoms with E-state index in [2.05, 4.69) is 41.9 Å². The van der Waals surface area contributed by atoms with Gasteiger partial charge in [-0.1, -0.05) is 11.3 Å². The maximum absolute atomic E-state index is 13.3. The average molecular weight is 626 g/mol. The van der Waals surface area contributed by atoms with Crippen molar-refractivity contribution in [2.24, 2.45) is 0 Å². The standard InChI is InChI=1S/C27H34F3N7O3S2/c1-16-4-3-6-36(16)14-21-24(20-10-18(15-41-20)27(28,29)30)33-26(42-21)34-25(40)19-11-32-22(12-31-19)37-9-8-35(17(2)13-37)7-5-23(38)39/h10-12,15-17,25,40H,3-9,13-14H2,1-2H3,(H,33,34)(H,38,39)/t16-,17+,25?/m1/s1. The molecule has 0 spiro atoms. The first-order chi connectivity index (χ1) is 20.0. The number of anilines is 2. The van der Waals surface area contributed by atoms with Gasteiger partial charge >= 0.3 is 12.1 Å². The summed E-state index contributed by atoms with van der Waals surface area (Å²) in [5.74, 6) is -0.154. The summed E-state index contributed by atoms with van der Waals surface area (Å²) in [6.45, 7) is 8.24. The molecule has 5 rings (SSSR count). The summed E-state index contributed by atoms with van der Waals surface area (Å²) in [4.78, 5) is 32.2. The van der Waals surface area contributed by atoms with Crippen LogP contribution in [0.25, 0.3) is 10.6 Å². The first-order valence-electron chi connectivity index (χ1n) is 13.8. The summed E-state index contributed by atoms with van der Waals surface area (Å²) < 4.78 is 39.9. The van der Waals surface area contributed by atoms with Gasteiger partial charge in [-0.3, -0.25) is 19.6 Å². The monoisotopic (exact) mass is 625 g/mol. The molecule has 10 nitrogen and oxygen atoms in total. The van der Waals surface area contributed by atoms with Crippen molar-refractivity contribution >= 4 is 39.6 Å². The SMILES string of the molecule is C[C@@H]1CCCN1Cc1sc(NC(O)c2cnc(N3CCN(CCC(=O)O)[C@@H](C)C3)cn2)nc1-c1cc(C(F)(F)F)cs1. The zero-order valence-electron chi connectivity index (χ0n) is 23.3. The van der Waals surface area contributed by atoms with Crippen molar-refractivity contribution in [2.45, 2.75) is 64.1 Å². The number of halogens is 3. The Labute approximate surface area is 249 Å². The molecule has 42 heavy (non-hydrogen) atoms. The number of carboxylic acid groups (broad SMARTS) is 1. The Bertz CT molecular complexity index is 1370. The number of thiazole rings is 1. The predicted octanol–water partition coefficient (Wildman–Crippen LogP) is 4.75. The van der Waals surface area contributed by atoms with Gasteiger partial charge < -0.3 is 20.4 Å². The fraction of sp³-hybridized carbons (Fsp3) is 0.556. The minimum atomic E-state index is -4.43. The third kappa shape index (κ3) is 7.19. The second kappa shape index (κ2) is 12.8. The van der Waals surface area contributed by atoms with E-state index in [1.165, 1.54) is 17.5 Å². The van der Waals surface area contributed by atoms with Crippen molar-refractivity contribution in [3.8, 4) is 10.6 Å². The number of likely N-dealkylation sites (tertiary alicyclic amines) is 1. The van der Waals surface area contributed by atoms with Crippen LogP contribution in [0.15, 0.2) is 23.8 Å². The van der Waals surface area contributed by atoms with Gasteiger partial charge in [0.1, 0.15) is 11.5 Å². The smallest absolute Gasteiger partial charge is 0.417 e. The maximum atomic E-state index is 13.3. The van der Waals surface area contributed by atoms with E-state index in [0.717, 1.165) is 47.0 Å². The van der Waals surface area contributed by atoms with Crippen molar-refractivity contribution in [3.63, 3.8) is 0 Å². The van der Waals surface area contributed by atoms with E-state index in [0.29, 0.717) is 60.3 Å². The minimum absolute atomic E-state index is 0.102. The molecule has 0 aromatic carbocycles. The number of nitrogens with zero attached hydrogens (tertiary/aromatic N) is 6. The zero-order valence-corrected chi connectivity index (χ0v) is 25.0. The number of carboxylic acids is 1. The Morgan fingerprint density at radius 1 is 1.17 bits per heavy atom. The van der Waals surface area contributed by atoms with E-state index < -0.39 is 23.9 Å². The van der Waals surface area contributed by atoms with Gasteiger partial charge in [0.05, 0.1) is 34.9 Å². The Hall–Kier alpha value is -2.85. The van der Waals surface area contributed by atoms with Crippen molar-refractivity contribution in [3.05, 3.63) is 40.0 Å². The molecule has 0 saturated carbocycles. The van der Waals surface area contributed by atoms with E-state index in [9.17, 15) is 23.1 Å². The van der Waals surface area contributed by atoms with Crippen LogP contribution in [-0.2, 0) is 17.5 Å². The summed E-state index contributed by atoms with van der Waals surface area (Å²) in [5.41, 5.74) is 0.0816. The van der Waals surface area contributed by atoms with Crippen LogP contribution >= 0.6 is 22.7 Å². The molecular formula is C27H34F3N7O3S2. The van der Waals surface area contributed by atoms with Crippen LogP contribution in [0.5, 0.6) is 0 Å². The molecule has 3 N–H and O–H groups in total. The number of aromatic nitrogens is 3. The predicted molar refractivity (Wildman–Crippen MR) is 156 cm³/mol. The minimum Gasteiger partial charge on any atom is -0.481 e. The first-order valence-corrected chi connectivity index (χ1v) is 15.5. The fourth-order valence-electron chi connectivity index (χ4n) is 5.34. The number of rotatable bonds is 10. The van der Waals surface area contributed by atoms with E-state index >= 15 is 0 Å². The van der Waals surface area contributed by atoms with Gasteiger partial charge in [-0.15, -0.1) is 11.3 Å². The van der Waals surface area contributed by atoms with E-state index in [4.69, 9.17) is 5.11 Å². The van der Waals surface area contributed by atoms with Gasteiger partial charge in [-0.2, -0.15) is 13.2 Å². The number of hydrogen-bond acceptors (Lipinski definition) is 11. The number of aliphatic hydroxyl groups excluding tert-OH is 1. The number of carbonyl (C=O) groups is 1. The van der Waals surface area contributed by atoms with Gasteiger partial charge in [0.15, 0.2) is 11.4 Å². The van der Waals surface area contributed by atoms with Crippen LogP contribution in [0, 0.1) is 0 Å². The highest BCUT2D eigenvalue weighted by atomic mass is 32.1. The largest absolute Gasteiger partial charge is 0.481 e. The summed E-state index contributed by atoms with van der Waals surface area (Å²) in [7, 11) is 0. The van der Waals surface area contributed by atoms with Crippen LogP contribution < -0.4 is 10.2 Å². The normalized spacial score (nSPS) is 21.1. The second-order valence-corrected chi connectivity index (χ2v) is 12.8. The Kier molecular flexibility index (Phi) is 9.32. The lowest BCUT2D eigenvalue weighted by molar-refractivity contribution is -0.138. The summed E-state index contributed by atoms with van der Waals surface area (Å²) >= 11 is 2.33. The molecule has 15 heteroatoms. The molecule has 0 amide bonds. The zero-order chi connectivity index (χ0) is 30.0. The molecular weight excluding hydrogens is 591 g/mol. The Morgan fingerprint density at radius 2 is 1.98 bits per heavy atom. The van der Waals surface area contributed by atoms with Crippen LogP contribution in [0.1, 0.15) is 55.5 Å². The van der Waals surface area contributed by atoms with Crippen LogP contribution in [-0.4, -0.2) is 85.7 Å². The highest BCUT2D eigenvalue weighted by molar-refractivity contribution is 7.17. The number of nitrogens with one attached hydrogen (secondary N) is 1. The molecule has 0 radical (unpaired) electrons. The maximum Gasteiger partial charge on any atom is 0.417 e. The molecule has 3 aromatic rings. The van der Waals surface area contributed by atoms with Crippen molar-refractivity contribution in [2.75, 3.05) is 42.9 Å². The number of thiophene rings is 1. The molecule has 2 aliphatic heterocycles. The lowest BCUT2D eigenvalue weighted by Crippen LogP contribution is -2.52. The molecule has 0 bridgehead atoms. The molecule has 3 aromatic heterocycles. The molecule has 3 atom stereocenters. The molecule has 2 aliphatic rings. The molecule has 0 aliphatic carbocycles. The van der Waals surface area contributed by atoms with Gasteiger partial charge in [0, 0.05) is 55.1 Å². The fourth-order valence-corrected chi connectivity index (χ4v) is 7.35. The number of piperazine rings is 1. The Balaban J connectivity index is 1.27. The number of aliphatic carboxylic acids is 1. The quantitative estimate of drug-likeness (QED) is 0.273. The van der Waals surface area contributed by atoms with Crippen LogP contribution in [0.3, 0.4) is 0 Å². The van der Waals surface area contributed by atoms with E-state index in [1.54, 1.807) is 6.20 Å². The number of aliphatic hydroxyl groups is 1. The number of hydrogen-bond donors (Lipinski definition) is 3. The molecule has 1 unspecified atom stereocenters. The first kappa shape index (κ1) is 30.6. The summed E-state index contributed by atoms with van der Waals surface area (Å²) in [6, 6.07) is 1.66. The topological polar surface area (TPSA) is 118 Å². The molecule has 228 valence electrons. The van der Waals surface area contributed by atoms with Crippen LogP contribution in [0.2, 0.25) is 0 Å². The van der Waals surface area contributed by atoms with Gasteiger partial charge in [0.25, 0.3) is 0 Å². The van der Waals surface area contributed by atoms with Gasteiger partial charge in [-0.25, -0.2) is 9.97 Å². The van der Waals surface area contributed by atoms with Crippen molar-refractivity contribution in [1.82, 2.24) is 24.8 Å². The third-order valence-electron chi connectivity index (χ3n) is 7.80. The van der Waals surface area contributed by atoms with E-state index in [1.807, 2.05) is 6.92 Å². The summed E-state index contributed by atoms with van der Waals surface area (Å²) in [5, 5.41) is 24.3. The van der Waals surface area contributed by atoms with Gasteiger partial charge in [-0.05, 0) is 39.3 Å². The molecule has 5 heterocycles. The van der Waals surface area contributed by atoms with Gasteiger partial charge in [0.2, 0.25) is 0 Å².